The summed E-state index contributed by atoms with van der Waals surface area (Å²) in [6.07, 6.45) is 3.44. The molecule has 0 saturated heterocycles. The molecule has 0 spiro atoms. The van der Waals surface area contributed by atoms with Gasteiger partial charge in [-0.25, -0.2) is 0 Å². The zero-order valence-corrected chi connectivity index (χ0v) is 39.4. The SMILES string of the molecule is [2H]C([2H])([2H])c1c[c-]c(-c2cc(C([2H])([2H])C(C)(C)C)c(C([2H])([2H])[2H])cn2)cc1.[2H]Cc1cc(-c2[c-]ccc3c2oc2c(-c4cccc(-c5ccc(C6([2H])CC(C)(C)CC(C)(C)C6)cc5)c4)cccc23)ncc1C([2H])([2H])[2H].[Ir]. The molecule has 1 aliphatic carbocycles. The molecule has 3 aromatic heterocycles. The van der Waals surface area contributed by atoms with Gasteiger partial charge in [0.2, 0.25) is 0 Å². The Morgan fingerprint density at radius 1 is 0.730 bits per heavy atom. The van der Waals surface area contributed by atoms with Crippen molar-refractivity contribution < 1.29 is 42.3 Å². The molecule has 0 N–H and O–H groups in total. The Morgan fingerprint density at radius 2 is 1.44 bits per heavy atom. The Labute approximate surface area is 408 Å². The van der Waals surface area contributed by atoms with E-state index in [9.17, 15) is 1.37 Å². The molecule has 1 aliphatic rings. The van der Waals surface area contributed by atoms with Crippen LogP contribution in [0.25, 0.3) is 66.7 Å². The molecule has 0 bridgehead atoms. The van der Waals surface area contributed by atoms with Crippen molar-refractivity contribution in [1.82, 2.24) is 9.97 Å². The monoisotopic (exact) mass is 1020 g/mol. The number of furan rings is 1. The van der Waals surface area contributed by atoms with Gasteiger partial charge < -0.3 is 14.4 Å². The molecule has 63 heavy (non-hydrogen) atoms. The topological polar surface area (TPSA) is 38.9 Å². The van der Waals surface area contributed by atoms with E-state index < -0.39 is 38.2 Å². The van der Waals surface area contributed by atoms with Crippen molar-refractivity contribution in [1.29, 1.82) is 0 Å². The maximum atomic E-state index is 9.49. The minimum Gasteiger partial charge on any atom is -0.500 e. The maximum absolute atomic E-state index is 9.49. The molecule has 9 rings (SSSR count). The fourth-order valence-electron chi connectivity index (χ4n) is 9.12. The number of para-hydroxylation sites is 1. The summed E-state index contributed by atoms with van der Waals surface area (Å²) in [6, 6.07) is 40.5. The predicted octanol–water partition coefficient (Wildman–Crippen LogP) is 16.5. The Bertz CT molecular complexity index is 3370. The average molecular weight is 1020 g/mol. The van der Waals surface area contributed by atoms with Crippen LogP contribution in [0.1, 0.15) is 125 Å². The number of aromatic nitrogens is 2. The van der Waals surface area contributed by atoms with Crippen LogP contribution in [0.4, 0.5) is 0 Å². The van der Waals surface area contributed by atoms with E-state index in [2.05, 4.69) is 104 Å². The van der Waals surface area contributed by atoms with E-state index >= 15 is 0 Å². The molecule has 1 radical (unpaired) electrons. The van der Waals surface area contributed by atoms with Crippen LogP contribution in [0, 0.1) is 55.8 Å². The smallest absolute Gasteiger partial charge is 0.128 e. The van der Waals surface area contributed by atoms with Gasteiger partial charge in [-0.3, -0.25) is 0 Å². The minimum atomic E-state index is -2.51. The van der Waals surface area contributed by atoms with E-state index in [1.54, 1.807) is 26.8 Å². The average Bonchev–Trinajstić information content (AvgIpc) is 3.71. The number of hydrogen-bond donors (Lipinski definition) is 0. The van der Waals surface area contributed by atoms with Crippen LogP contribution in [0.15, 0.2) is 126 Å². The van der Waals surface area contributed by atoms with Crippen molar-refractivity contribution in [3.8, 4) is 44.8 Å². The number of pyridine rings is 2. The predicted molar refractivity (Wildman–Crippen MR) is 261 cm³/mol. The van der Waals surface area contributed by atoms with Crippen LogP contribution in [-0.2, 0) is 26.5 Å². The number of hydrogen-bond acceptors (Lipinski definition) is 3. The van der Waals surface area contributed by atoms with Gasteiger partial charge in [-0.1, -0.05) is 150 Å². The molecule has 0 atom stereocenters. The van der Waals surface area contributed by atoms with Crippen molar-refractivity contribution in [3.63, 3.8) is 0 Å². The summed E-state index contributed by atoms with van der Waals surface area (Å²) in [4.78, 5) is 8.64. The van der Waals surface area contributed by atoms with Crippen molar-refractivity contribution in [2.75, 3.05) is 0 Å². The first-order chi connectivity index (χ1) is 34.7. The number of rotatable bonds is 6. The van der Waals surface area contributed by atoms with E-state index in [1.165, 1.54) is 36.7 Å². The van der Waals surface area contributed by atoms with Crippen LogP contribution in [0.3, 0.4) is 0 Å². The number of nitrogens with zero attached hydrogens (tertiary/aromatic N) is 2. The van der Waals surface area contributed by atoms with Crippen LogP contribution in [0.2, 0.25) is 0 Å². The quantitative estimate of drug-likeness (QED) is 0.156. The molecule has 8 aromatic rings. The third-order valence-corrected chi connectivity index (χ3v) is 11.3. The Morgan fingerprint density at radius 3 is 2.14 bits per heavy atom. The van der Waals surface area contributed by atoms with Gasteiger partial charge in [0.1, 0.15) is 5.58 Å². The molecule has 325 valence electrons. The number of fused-ring (bicyclic) bond motifs is 3. The second-order valence-electron chi connectivity index (χ2n) is 19.2. The summed E-state index contributed by atoms with van der Waals surface area (Å²) in [5.41, 5.74) is 8.54. The largest absolute Gasteiger partial charge is 0.500 e. The molecule has 3 nitrogen and oxygen atoms in total. The summed E-state index contributed by atoms with van der Waals surface area (Å²) in [5, 5.41) is 1.88. The van der Waals surface area contributed by atoms with Crippen molar-refractivity contribution in [2.24, 2.45) is 16.2 Å². The maximum Gasteiger partial charge on any atom is 0.128 e. The minimum absolute atomic E-state index is 0. The van der Waals surface area contributed by atoms with Gasteiger partial charge in [0.15, 0.2) is 0 Å². The Balaban J connectivity index is 0.000000256. The molecule has 5 aromatic carbocycles. The van der Waals surface area contributed by atoms with Crippen molar-refractivity contribution >= 4 is 21.9 Å². The van der Waals surface area contributed by atoms with Crippen LogP contribution >= 0.6 is 0 Å². The van der Waals surface area contributed by atoms with E-state index in [-0.39, 0.29) is 60.1 Å². The molecule has 4 heteroatoms. The normalized spacial score (nSPS) is 19.2. The standard InChI is InChI=1S/C41H40NO.C18H22N.Ir/c1-26-20-37(42-24-27(26)2)36-15-9-14-35-34-13-8-12-33(38(34)43-39(35)36)31-11-7-10-30(21-31)28-16-18-29(19-17-28)32-22-40(3,4)25-41(5,6)23-32;1-13-6-8-15(9-7-13)17-10-16(11-18(3,4)5)14(2)12-19-17;/h7-14,16-21,24,32H,22-23,25H2,1-6H3;6-8,10,12H,11H2,1-5H3;/q2*-1;/i1D,2D3,32D;1D3,2D3,11D2;. The van der Waals surface area contributed by atoms with Crippen molar-refractivity contribution in [2.45, 2.75) is 107 Å². The fraction of sp³-hybridized carbons (Fsp3) is 0.322. The second-order valence-corrected chi connectivity index (χ2v) is 19.2. The second kappa shape index (κ2) is 18.1. The van der Waals surface area contributed by atoms with Gasteiger partial charge in [-0.2, -0.15) is 0 Å². The molecule has 1 saturated carbocycles. The summed E-state index contributed by atoms with van der Waals surface area (Å²) in [7, 11) is 0. The third kappa shape index (κ3) is 10.5. The summed E-state index contributed by atoms with van der Waals surface area (Å²) >= 11 is 0. The molecule has 0 unspecified atom stereocenters. The fourth-order valence-corrected chi connectivity index (χ4v) is 9.12. The van der Waals surface area contributed by atoms with Gasteiger partial charge in [0, 0.05) is 61.3 Å². The van der Waals surface area contributed by atoms with Gasteiger partial charge in [0.05, 0.1) is 5.58 Å². The first-order valence-electron chi connectivity index (χ1n) is 27.8. The van der Waals surface area contributed by atoms with Gasteiger partial charge in [0.25, 0.3) is 0 Å². The van der Waals surface area contributed by atoms with Crippen LogP contribution < -0.4 is 0 Å². The summed E-state index contributed by atoms with van der Waals surface area (Å²) < 4.78 is 110. The first-order valence-corrected chi connectivity index (χ1v) is 21.1. The Hall–Kier alpha value is -5.15. The zero-order chi connectivity index (χ0) is 54.9. The van der Waals surface area contributed by atoms with Crippen LogP contribution in [0.5, 0.6) is 0 Å². The number of aryl methyl sites for hydroxylation is 4. The van der Waals surface area contributed by atoms with E-state index in [4.69, 9.17) is 20.9 Å². The van der Waals surface area contributed by atoms with E-state index in [0.29, 0.717) is 33.7 Å². The Kier molecular flexibility index (Phi) is 9.12. The third-order valence-electron chi connectivity index (χ3n) is 11.3. The van der Waals surface area contributed by atoms with Gasteiger partial charge in [-0.15, -0.1) is 53.6 Å². The summed E-state index contributed by atoms with van der Waals surface area (Å²) in [5.74, 6) is -0.603. The van der Waals surface area contributed by atoms with E-state index in [1.807, 2.05) is 24.3 Å². The molecular formula is C59H62IrN2O-2. The molecule has 0 amide bonds. The van der Waals surface area contributed by atoms with Gasteiger partial charge >= 0.3 is 0 Å². The van der Waals surface area contributed by atoms with Gasteiger partial charge in [-0.05, 0) is 119 Å². The van der Waals surface area contributed by atoms with Crippen molar-refractivity contribution in [3.05, 3.63) is 167 Å². The molecule has 0 aliphatic heterocycles. The molecular weight excluding hydrogens is 945 g/mol. The summed E-state index contributed by atoms with van der Waals surface area (Å²) in [6.45, 7) is 7.04. The first kappa shape index (κ1) is 31.7. The molecule has 3 heterocycles. The van der Waals surface area contributed by atoms with Crippen LogP contribution in [-0.4, -0.2) is 9.97 Å². The van der Waals surface area contributed by atoms with E-state index in [0.717, 1.165) is 63.4 Å². The zero-order valence-electron chi connectivity index (χ0n) is 50.0. The number of benzene rings is 5. The molecule has 1 fully saturated rings.